The number of nitrogens with one attached hydrogen (secondary N) is 1. The molecule has 3 amide bonds. The highest BCUT2D eigenvalue weighted by Gasteiger charge is 2.35. The molecule has 1 atom stereocenters. The molecular weight excluding hydrogens is 428 g/mol. The topological polar surface area (TPSA) is 121 Å². The Kier molecular flexibility index (Phi) is 7.37. The average Bonchev–Trinajstić information content (AvgIpc) is 2.77. The van der Waals surface area contributed by atoms with Gasteiger partial charge in [0.25, 0.3) is 0 Å². The standard InChI is InChI=1S/C23H28N4O6/c1-23(2,3)33-22(31)26-11-12-27(18(14-26)15-32-19-5-4-10-24-13-19)21(30)25-17-8-6-16(7-9-17)20(28)29/h4-10,13,18H,11-12,14-15H2,1-3H3,(H,25,30)(H,28,29). The third kappa shape index (κ3) is 6.83. The first-order chi connectivity index (χ1) is 15.6. The molecule has 1 aliphatic rings. The molecule has 10 nitrogen and oxygen atoms in total. The maximum Gasteiger partial charge on any atom is 0.410 e. The van der Waals surface area contributed by atoms with E-state index in [9.17, 15) is 14.4 Å². The van der Waals surface area contributed by atoms with Crippen LogP contribution in [0.4, 0.5) is 15.3 Å². The van der Waals surface area contributed by atoms with E-state index in [0.717, 1.165) is 0 Å². The molecule has 1 aliphatic heterocycles. The second kappa shape index (κ2) is 10.2. The van der Waals surface area contributed by atoms with Crippen molar-refractivity contribution < 1.29 is 29.0 Å². The number of urea groups is 1. The molecule has 0 spiro atoms. The molecule has 0 bridgehead atoms. The van der Waals surface area contributed by atoms with E-state index in [4.69, 9.17) is 14.6 Å². The van der Waals surface area contributed by atoms with Crippen molar-refractivity contribution in [1.82, 2.24) is 14.8 Å². The highest BCUT2D eigenvalue weighted by molar-refractivity contribution is 5.92. The van der Waals surface area contributed by atoms with Crippen molar-refractivity contribution >= 4 is 23.8 Å². The molecule has 0 radical (unpaired) electrons. The zero-order valence-electron chi connectivity index (χ0n) is 18.9. The lowest BCUT2D eigenvalue weighted by Crippen LogP contribution is -2.59. The summed E-state index contributed by atoms with van der Waals surface area (Å²) in [6.07, 6.45) is 2.76. The Morgan fingerprint density at radius 3 is 2.48 bits per heavy atom. The molecule has 0 aliphatic carbocycles. The monoisotopic (exact) mass is 456 g/mol. The number of aromatic nitrogens is 1. The zero-order valence-corrected chi connectivity index (χ0v) is 18.9. The Morgan fingerprint density at radius 2 is 1.88 bits per heavy atom. The van der Waals surface area contributed by atoms with Crippen LogP contribution in [0.1, 0.15) is 31.1 Å². The van der Waals surface area contributed by atoms with Crippen LogP contribution in [0.5, 0.6) is 5.75 Å². The number of anilines is 1. The zero-order chi connectivity index (χ0) is 24.0. The fourth-order valence-electron chi connectivity index (χ4n) is 3.27. The number of aromatic carboxylic acids is 1. The number of nitrogens with zero attached hydrogens (tertiary/aromatic N) is 3. The Bertz CT molecular complexity index is 975. The van der Waals surface area contributed by atoms with Crippen LogP contribution in [-0.2, 0) is 4.74 Å². The molecule has 10 heteroatoms. The van der Waals surface area contributed by atoms with Crippen LogP contribution < -0.4 is 10.1 Å². The number of piperazine rings is 1. The van der Waals surface area contributed by atoms with E-state index in [1.807, 2.05) is 0 Å². The van der Waals surface area contributed by atoms with Gasteiger partial charge in [-0.3, -0.25) is 4.98 Å². The number of carboxylic acids is 1. The summed E-state index contributed by atoms with van der Waals surface area (Å²) in [5, 5.41) is 11.8. The fourth-order valence-corrected chi connectivity index (χ4v) is 3.27. The fraction of sp³-hybridized carbons (Fsp3) is 0.391. The van der Waals surface area contributed by atoms with Crippen LogP contribution in [-0.4, -0.2) is 75.9 Å². The maximum absolute atomic E-state index is 13.0. The quantitative estimate of drug-likeness (QED) is 0.708. The van der Waals surface area contributed by atoms with Gasteiger partial charge in [-0.2, -0.15) is 0 Å². The van der Waals surface area contributed by atoms with Gasteiger partial charge in [0.05, 0.1) is 17.8 Å². The predicted octanol–water partition coefficient (Wildman–Crippen LogP) is 3.31. The van der Waals surface area contributed by atoms with Crippen molar-refractivity contribution in [2.45, 2.75) is 32.4 Å². The number of hydrogen-bond donors (Lipinski definition) is 2. The Hall–Kier alpha value is -3.82. The molecule has 1 saturated heterocycles. The normalized spacial score (nSPS) is 16.2. The van der Waals surface area contributed by atoms with Crippen LogP contribution in [0.15, 0.2) is 48.8 Å². The number of amides is 3. The van der Waals surface area contributed by atoms with E-state index in [1.54, 1.807) is 55.1 Å². The minimum atomic E-state index is -1.04. The first kappa shape index (κ1) is 23.8. The van der Waals surface area contributed by atoms with Crippen molar-refractivity contribution in [3.05, 3.63) is 54.4 Å². The summed E-state index contributed by atoms with van der Waals surface area (Å²) in [4.78, 5) is 43.8. The lowest BCUT2D eigenvalue weighted by Gasteiger charge is -2.41. The summed E-state index contributed by atoms with van der Waals surface area (Å²) in [7, 11) is 0. The number of pyridine rings is 1. The lowest BCUT2D eigenvalue weighted by atomic mass is 10.1. The Labute approximate surface area is 192 Å². The van der Waals surface area contributed by atoms with Gasteiger partial charge < -0.3 is 29.7 Å². The summed E-state index contributed by atoms with van der Waals surface area (Å²) >= 11 is 0. The lowest BCUT2D eigenvalue weighted by molar-refractivity contribution is 0.00537. The third-order valence-corrected chi connectivity index (χ3v) is 4.86. The number of carbonyl (C=O) groups is 3. The number of hydrogen-bond acceptors (Lipinski definition) is 6. The molecule has 33 heavy (non-hydrogen) atoms. The third-order valence-electron chi connectivity index (χ3n) is 4.86. The molecule has 1 aromatic heterocycles. The molecule has 0 saturated carbocycles. The number of benzene rings is 1. The van der Waals surface area contributed by atoms with Crippen LogP contribution >= 0.6 is 0 Å². The summed E-state index contributed by atoms with van der Waals surface area (Å²) in [5.41, 5.74) is -0.0386. The molecule has 3 rings (SSSR count). The summed E-state index contributed by atoms with van der Waals surface area (Å²) in [6.45, 7) is 6.37. The van der Waals surface area contributed by atoms with E-state index in [1.165, 1.54) is 24.3 Å². The highest BCUT2D eigenvalue weighted by Crippen LogP contribution is 2.19. The minimum absolute atomic E-state index is 0.127. The van der Waals surface area contributed by atoms with Crippen LogP contribution in [0, 0.1) is 0 Å². The first-order valence-corrected chi connectivity index (χ1v) is 10.5. The van der Waals surface area contributed by atoms with E-state index in [2.05, 4.69) is 10.3 Å². The van der Waals surface area contributed by atoms with E-state index < -0.39 is 23.7 Å². The molecule has 1 unspecified atom stereocenters. The molecular formula is C23H28N4O6. The van der Waals surface area contributed by atoms with Crippen molar-refractivity contribution in [1.29, 1.82) is 0 Å². The van der Waals surface area contributed by atoms with Gasteiger partial charge in [-0.05, 0) is 57.2 Å². The number of carboxylic acid groups (broad SMARTS) is 1. The molecule has 2 heterocycles. The maximum atomic E-state index is 13.0. The van der Waals surface area contributed by atoms with Crippen molar-refractivity contribution in [2.24, 2.45) is 0 Å². The van der Waals surface area contributed by atoms with E-state index in [-0.39, 0.29) is 31.3 Å². The molecule has 1 fully saturated rings. The highest BCUT2D eigenvalue weighted by atomic mass is 16.6. The van der Waals surface area contributed by atoms with Crippen LogP contribution in [0.25, 0.3) is 0 Å². The first-order valence-electron chi connectivity index (χ1n) is 10.5. The second-order valence-corrected chi connectivity index (χ2v) is 8.59. The van der Waals surface area contributed by atoms with E-state index in [0.29, 0.717) is 18.0 Å². The van der Waals surface area contributed by atoms with Gasteiger partial charge in [-0.15, -0.1) is 0 Å². The smallest absolute Gasteiger partial charge is 0.410 e. The molecule has 2 N–H and O–H groups in total. The number of rotatable bonds is 5. The number of ether oxygens (including phenoxy) is 2. The van der Waals surface area contributed by atoms with Crippen LogP contribution in [0.3, 0.4) is 0 Å². The minimum Gasteiger partial charge on any atom is -0.490 e. The largest absolute Gasteiger partial charge is 0.490 e. The van der Waals surface area contributed by atoms with Crippen LogP contribution in [0.2, 0.25) is 0 Å². The summed E-state index contributed by atoms with van der Waals surface area (Å²) in [6, 6.07) is 8.58. The SMILES string of the molecule is CC(C)(C)OC(=O)N1CCN(C(=O)Nc2ccc(C(=O)O)cc2)C(COc2cccnc2)C1. The van der Waals surface area contributed by atoms with Crippen molar-refractivity contribution in [3.63, 3.8) is 0 Å². The average molecular weight is 456 g/mol. The van der Waals surface area contributed by atoms with Gasteiger partial charge >= 0.3 is 18.1 Å². The predicted molar refractivity (Wildman–Crippen MR) is 120 cm³/mol. The van der Waals surface area contributed by atoms with Gasteiger partial charge in [-0.1, -0.05) is 0 Å². The molecule has 176 valence electrons. The molecule has 2 aromatic rings. The van der Waals surface area contributed by atoms with Gasteiger partial charge in [0.15, 0.2) is 0 Å². The van der Waals surface area contributed by atoms with E-state index >= 15 is 0 Å². The second-order valence-electron chi connectivity index (χ2n) is 8.59. The van der Waals surface area contributed by atoms with Crippen molar-refractivity contribution in [3.8, 4) is 5.75 Å². The number of carbonyl (C=O) groups excluding carboxylic acids is 2. The van der Waals surface area contributed by atoms with Gasteiger partial charge in [0, 0.05) is 31.5 Å². The molecule has 1 aromatic carbocycles. The Morgan fingerprint density at radius 1 is 1.15 bits per heavy atom. The summed E-state index contributed by atoms with van der Waals surface area (Å²) < 4.78 is 11.3. The summed E-state index contributed by atoms with van der Waals surface area (Å²) in [5.74, 6) is -0.490. The van der Waals surface area contributed by atoms with Gasteiger partial charge in [-0.25, -0.2) is 14.4 Å². The van der Waals surface area contributed by atoms with Gasteiger partial charge in [0.1, 0.15) is 18.0 Å². The van der Waals surface area contributed by atoms with Gasteiger partial charge in [0.2, 0.25) is 0 Å². The Balaban J connectivity index is 1.71. The van der Waals surface area contributed by atoms with Crippen molar-refractivity contribution in [2.75, 3.05) is 31.6 Å².